The van der Waals surface area contributed by atoms with E-state index in [0.717, 1.165) is 44.9 Å². The topological polar surface area (TPSA) is 256 Å². The molecule has 17 heteroatoms. The van der Waals surface area contributed by atoms with Gasteiger partial charge >= 0.3 is 0 Å². The van der Waals surface area contributed by atoms with Crippen molar-refractivity contribution in [3.05, 3.63) is 11.6 Å². The summed E-state index contributed by atoms with van der Waals surface area (Å²) in [5.41, 5.74) is -0.134. The van der Waals surface area contributed by atoms with Crippen molar-refractivity contribution in [1.29, 1.82) is 0 Å². The van der Waals surface area contributed by atoms with Crippen LogP contribution in [0.25, 0.3) is 0 Å². The molecule has 17 nitrogen and oxygen atoms in total. The molecule has 62 heavy (non-hydrogen) atoms. The highest BCUT2D eigenvalue weighted by Gasteiger charge is 2.76. The lowest BCUT2D eigenvalue weighted by molar-refractivity contribution is -0.393. The van der Waals surface area contributed by atoms with E-state index < -0.39 is 116 Å². The summed E-state index contributed by atoms with van der Waals surface area (Å²) in [6, 6.07) is 0. The Morgan fingerprint density at radius 2 is 1.34 bits per heavy atom. The quantitative estimate of drug-likeness (QED) is 0.157. The molecule has 26 atom stereocenters. The summed E-state index contributed by atoms with van der Waals surface area (Å²) in [4.78, 5) is 0. The summed E-state index contributed by atoms with van der Waals surface area (Å²) in [7, 11) is 0. The predicted octanol–water partition coefficient (Wildman–Crippen LogP) is 0.357. The molecule has 4 aliphatic carbocycles. The van der Waals surface area contributed by atoms with E-state index in [1.54, 1.807) is 0 Å². The van der Waals surface area contributed by atoms with Gasteiger partial charge in [0.05, 0.1) is 37.6 Å². The highest BCUT2D eigenvalue weighted by Crippen LogP contribution is 2.72. The van der Waals surface area contributed by atoms with Crippen LogP contribution in [0, 0.1) is 40.4 Å². The number of allylic oxidation sites excluding steroid dienone is 1. The molecule has 8 fully saturated rings. The van der Waals surface area contributed by atoms with Gasteiger partial charge in [0, 0.05) is 17.8 Å². The summed E-state index contributed by atoms with van der Waals surface area (Å²) >= 11 is 0. The van der Waals surface area contributed by atoms with Gasteiger partial charge in [0.25, 0.3) is 0 Å². The third-order valence-electron chi connectivity index (χ3n) is 17.9. The fraction of sp³-hybridized carbons (Fsp3) is 0.956. The molecule has 9 rings (SSSR count). The molecule has 3 saturated carbocycles. The van der Waals surface area contributed by atoms with E-state index in [4.69, 9.17) is 37.9 Å². The van der Waals surface area contributed by atoms with Crippen molar-refractivity contribution >= 4 is 0 Å². The molecular formula is C45H72O17. The van der Waals surface area contributed by atoms with E-state index >= 15 is 0 Å². The van der Waals surface area contributed by atoms with E-state index in [1.165, 1.54) is 19.4 Å². The van der Waals surface area contributed by atoms with Gasteiger partial charge in [-0.1, -0.05) is 39.3 Å². The van der Waals surface area contributed by atoms with E-state index in [1.807, 2.05) is 0 Å². The fourth-order valence-electron chi connectivity index (χ4n) is 13.9. The van der Waals surface area contributed by atoms with Crippen molar-refractivity contribution in [2.24, 2.45) is 40.4 Å². The van der Waals surface area contributed by atoms with Crippen molar-refractivity contribution in [3.63, 3.8) is 0 Å². The molecular weight excluding hydrogens is 812 g/mol. The standard InChI is InChI=1S/C45H72O17/c1-19-9-14-44(55-18-19)22(4)45(54)29(62-44)16-27-25-8-7-23-15-24(10-12-42(23,5)26(25)11-13-43(27,45)6)58-41-38(61-40-36(53)34(51)31(48)21(3)57-40)37(32(49)28(17-46)59-41)60-39-35(52)33(50)30(47)20(2)56-39/h7,19-22,24-41,46-54H,8-18H2,1-6H3/t19-,20+,21+,22-,24+,25-,26+,27+,28-,29+,30+,31+,32-,33-,34-,35-,36-,37+,38-,39-,40+,41-,42+,43+,44-,45-/m1/s1. The first-order chi connectivity index (χ1) is 29.3. The van der Waals surface area contributed by atoms with Crippen molar-refractivity contribution < 1.29 is 83.9 Å². The molecule has 5 heterocycles. The second-order valence-electron chi connectivity index (χ2n) is 21.2. The normalized spacial score (nSPS) is 58.9. The SMILES string of the molecule is C[C@@H]1CC[C@@]2(OC1)O[C@H]1C[C@H]3[C@@H]4CC=C5C[C@@H](O[C@@H]6O[C@H](CO)[C@@H](O)[C@H](O[C@H]7O[C@@H](C)[C@H](O)[C@@H](O)[C@H]7O)[C@H]6O[C@@H]6O[C@@H](C)[C@H](O)[C@@H](O)[C@H]6O)CC[C@]5(C)[C@H]4CC[C@]3(C)[C@@]1(O)[C@@H]2C. The zero-order valence-electron chi connectivity index (χ0n) is 36.8. The lowest BCUT2D eigenvalue weighted by atomic mass is 9.46. The van der Waals surface area contributed by atoms with Gasteiger partial charge in [-0.3, -0.25) is 0 Å². The molecule has 9 N–H and O–H groups in total. The third-order valence-corrected chi connectivity index (χ3v) is 17.9. The fourth-order valence-corrected chi connectivity index (χ4v) is 13.9. The van der Waals surface area contributed by atoms with E-state index in [2.05, 4.69) is 33.8 Å². The molecule has 0 amide bonds. The Labute approximate surface area is 363 Å². The molecule has 0 aromatic rings. The number of fused-ring (bicyclic) bond motifs is 7. The second-order valence-corrected chi connectivity index (χ2v) is 21.2. The van der Waals surface area contributed by atoms with Crippen LogP contribution >= 0.6 is 0 Å². The van der Waals surface area contributed by atoms with Crippen LogP contribution in [0.2, 0.25) is 0 Å². The number of hydrogen-bond acceptors (Lipinski definition) is 17. The second kappa shape index (κ2) is 16.7. The average Bonchev–Trinajstić information content (AvgIpc) is 3.60. The van der Waals surface area contributed by atoms with Crippen molar-refractivity contribution in [2.45, 2.75) is 215 Å². The van der Waals surface area contributed by atoms with Crippen LogP contribution in [0.3, 0.4) is 0 Å². The number of ether oxygens (including phenoxy) is 8. The van der Waals surface area contributed by atoms with Gasteiger partial charge in [0.15, 0.2) is 24.7 Å². The van der Waals surface area contributed by atoms with Gasteiger partial charge in [-0.15, -0.1) is 0 Å². The van der Waals surface area contributed by atoms with Gasteiger partial charge in [-0.05, 0) is 94.3 Å². The maximum absolute atomic E-state index is 12.8. The molecule has 5 aliphatic heterocycles. The first-order valence-corrected chi connectivity index (χ1v) is 23.3. The number of hydrogen-bond donors (Lipinski definition) is 9. The highest BCUT2D eigenvalue weighted by molar-refractivity contribution is 5.29. The molecule has 0 aromatic heterocycles. The zero-order chi connectivity index (χ0) is 44.4. The first kappa shape index (κ1) is 46.2. The van der Waals surface area contributed by atoms with Crippen LogP contribution in [0.4, 0.5) is 0 Å². The Morgan fingerprint density at radius 3 is 1.95 bits per heavy atom. The Hall–Kier alpha value is -0.940. The van der Waals surface area contributed by atoms with Crippen molar-refractivity contribution in [2.75, 3.05) is 13.2 Å². The van der Waals surface area contributed by atoms with Crippen LogP contribution in [0.1, 0.15) is 99.3 Å². The van der Waals surface area contributed by atoms with Gasteiger partial charge in [0.1, 0.15) is 66.6 Å². The Kier molecular flexibility index (Phi) is 12.4. The number of rotatable bonds is 7. The Balaban J connectivity index is 0.945. The Bertz CT molecular complexity index is 1640. The maximum atomic E-state index is 12.8. The minimum Gasteiger partial charge on any atom is -0.394 e. The lowest BCUT2D eigenvalue weighted by Crippen LogP contribution is -2.67. The third kappa shape index (κ3) is 7.05. The van der Waals surface area contributed by atoms with E-state index in [9.17, 15) is 46.0 Å². The van der Waals surface area contributed by atoms with Crippen LogP contribution in [0.5, 0.6) is 0 Å². The number of aliphatic hydroxyl groups is 9. The molecule has 1 spiro atoms. The summed E-state index contributed by atoms with van der Waals surface area (Å²) in [6.07, 6.45) is -12.9. The average molecular weight is 885 g/mol. The minimum absolute atomic E-state index is 0.122. The maximum Gasteiger partial charge on any atom is 0.187 e. The molecule has 0 aromatic carbocycles. The van der Waals surface area contributed by atoms with Crippen molar-refractivity contribution in [3.8, 4) is 0 Å². The van der Waals surface area contributed by atoms with Gasteiger partial charge in [0.2, 0.25) is 0 Å². The number of aliphatic hydroxyl groups excluding tert-OH is 8. The lowest BCUT2D eigenvalue weighted by Gasteiger charge is -2.60. The summed E-state index contributed by atoms with van der Waals surface area (Å²) in [6.45, 7) is 12.0. The largest absolute Gasteiger partial charge is 0.394 e. The molecule has 0 radical (unpaired) electrons. The summed E-state index contributed by atoms with van der Waals surface area (Å²) in [5.74, 6) is 0.655. The smallest absolute Gasteiger partial charge is 0.187 e. The molecule has 0 bridgehead atoms. The summed E-state index contributed by atoms with van der Waals surface area (Å²) in [5, 5.41) is 98.7. The first-order valence-electron chi connectivity index (χ1n) is 23.3. The minimum atomic E-state index is -1.75. The highest BCUT2D eigenvalue weighted by atomic mass is 16.8. The predicted molar refractivity (Wildman–Crippen MR) is 214 cm³/mol. The van der Waals surface area contributed by atoms with Gasteiger partial charge < -0.3 is 83.9 Å². The van der Waals surface area contributed by atoms with E-state index in [0.29, 0.717) is 37.2 Å². The zero-order valence-corrected chi connectivity index (χ0v) is 36.8. The molecule has 5 saturated heterocycles. The molecule has 0 unspecified atom stereocenters. The molecule has 354 valence electrons. The van der Waals surface area contributed by atoms with E-state index in [-0.39, 0.29) is 28.8 Å². The van der Waals surface area contributed by atoms with Crippen LogP contribution < -0.4 is 0 Å². The van der Waals surface area contributed by atoms with Crippen LogP contribution in [-0.4, -0.2) is 175 Å². The Morgan fingerprint density at radius 1 is 0.694 bits per heavy atom. The van der Waals surface area contributed by atoms with Crippen LogP contribution in [0.15, 0.2) is 11.6 Å². The van der Waals surface area contributed by atoms with Crippen molar-refractivity contribution in [1.82, 2.24) is 0 Å². The summed E-state index contributed by atoms with van der Waals surface area (Å²) < 4.78 is 50.2. The van der Waals surface area contributed by atoms with Crippen LogP contribution in [-0.2, 0) is 37.9 Å². The van der Waals surface area contributed by atoms with Gasteiger partial charge in [-0.2, -0.15) is 0 Å². The monoisotopic (exact) mass is 884 g/mol. The van der Waals surface area contributed by atoms with Gasteiger partial charge in [-0.25, -0.2) is 0 Å². The molecule has 9 aliphatic rings.